The molecule has 14 heteroatoms. The lowest BCUT2D eigenvalue weighted by Crippen LogP contribution is -2.52. The molecule has 3 N–H and O–H groups in total. The van der Waals surface area contributed by atoms with Crippen molar-refractivity contribution >= 4 is 58.4 Å². The van der Waals surface area contributed by atoms with Crippen LogP contribution in [0.5, 0.6) is 0 Å². The summed E-state index contributed by atoms with van der Waals surface area (Å²) in [6.07, 6.45) is 10.3. The Bertz CT molecular complexity index is 2080. The molecule has 8 rings (SSSR count). The second-order valence-electron chi connectivity index (χ2n) is 18.7. The lowest BCUT2D eigenvalue weighted by molar-refractivity contribution is -0.118. The van der Waals surface area contributed by atoms with Crippen molar-refractivity contribution in [2.45, 2.75) is 141 Å². The summed E-state index contributed by atoms with van der Waals surface area (Å²) in [5.41, 5.74) is 7.80. The highest BCUT2D eigenvalue weighted by molar-refractivity contribution is 6.62. The van der Waals surface area contributed by atoms with E-state index in [0.717, 1.165) is 116 Å². The van der Waals surface area contributed by atoms with Crippen LogP contribution in [0.4, 0.5) is 9.59 Å². The average Bonchev–Trinajstić information content (AvgIpc) is 3.95. The van der Waals surface area contributed by atoms with E-state index in [-0.39, 0.29) is 41.2 Å². The van der Waals surface area contributed by atoms with Crippen LogP contribution in [0.25, 0.3) is 11.1 Å². The molecular formula is C48H66Cl2N4O8. The van der Waals surface area contributed by atoms with Crippen LogP contribution in [-0.4, -0.2) is 102 Å². The zero-order valence-corrected chi connectivity index (χ0v) is 39.8. The van der Waals surface area contributed by atoms with Crippen LogP contribution in [-0.2, 0) is 23.8 Å². The van der Waals surface area contributed by atoms with Gasteiger partial charge in [0.05, 0.1) is 33.4 Å². The first kappa shape index (κ1) is 48.9. The van der Waals surface area contributed by atoms with Gasteiger partial charge in [-0.05, 0) is 164 Å². The number of rotatable bonds is 3. The van der Waals surface area contributed by atoms with E-state index in [1.807, 2.05) is 34.6 Å². The van der Waals surface area contributed by atoms with Gasteiger partial charge in [-0.15, -0.1) is 12.4 Å². The van der Waals surface area contributed by atoms with Crippen molar-refractivity contribution in [3.8, 4) is 0 Å². The summed E-state index contributed by atoms with van der Waals surface area (Å²) in [5, 5.41) is 17.0. The molecule has 340 valence electrons. The molecule has 62 heavy (non-hydrogen) atoms. The average molecular weight is 898 g/mol. The monoisotopic (exact) mass is 896 g/mol. The summed E-state index contributed by atoms with van der Waals surface area (Å²) >= 11 is 4.90. The van der Waals surface area contributed by atoms with E-state index in [4.69, 9.17) is 25.8 Å². The van der Waals surface area contributed by atoms with Gasteiger partial charge in [-0.2, -0.15) is 0 Å². The van der Waals surface area contributed by atoms with Gasteiger partial charge in [-0.3, -0.25) is 14.4 Å². The highest BCUT2D eigenvalue weighted by Gasteiger charge is 2.55. The van der Waals surface area contributed by atoms with Gasteiger partial charge in [0, 0.05) is 41.4 Å². The molecule has 4 aliphatic heterocycles. The molecule has 2 aliphatic carbocycles. The summed E-state index contributed by atoms with van der Waals surface area (Å²) < 4.78 is 18.0. The number of amides is 4. The number of carbonyl (C=O) groups excluding carboxylic acids is 4. The molecule has 0 aromatic heterocycles. The predicted octanol–water partition coefficient (Wildman–Crippen LogP) is 9.21. The second-order valence-corrected chi connectivity index (χ2v) is 19.1. The molecule has 0 atom stereocenters. The number of aliphatic hydroxyl groups is 1. The normalized spacial score (nSPS) is 27.4. The molecule has 4 amide bonds. The molecule has 2 aromatic rings. The summed E-state index contributed by atoms with van der Waals surface area (Å²) in [7, 11) is 6.50. The van der Waals surface area contributed by atoms with Gasteiger partial charge in [-0.1, -0.05) is 35.4 Å². The van der Waals surface area contributed by atoms with Gasteiger partial charge in [-0.25, -0.2) is 4.79 Å². The van der Waals surface area contributed by atoms with Gasteiger partial charge < -0.3 is 39.8 Å². The fraction of sp³-hybridized carbons (Fsp3) is 0.583. The van der Waals surface area contributed by atoms with Crippen LogP contribution in [0, 0.1) is 41.5 Å². The van der Waals surface area contributed by atoms with E-state index < -0.39 is 22.5 Å². The third kappa shape index (κ3) is 9.68. The Morgan fingerprint density at radius 3 is 1.37 bits per heavy atom. The summed E-state index contributed by atoms with van der Waals surface area (Å²) in [5.74, 6) is 0.417. The van der Waals surface area contributed by atoms with Crippen molar-refractivity contribution < 1.29 is 38.5 Å². The summed E-state index contributed by atoms with van der Waals surface area (Å²) in [4.78, 5) is 51.2. The van der Waals surface area contributed by atoms with Gasteiger partial charge in [0.2, 0.25) is 0 Å². The largest absolute Gasteiger partial charge is 0.509 e. The number of hydrogen-bond acceptors (Lipinski definition) is 8. The predicted molar refractivity (Wildman–Crippen MR) is 245 cm³/mol. The Kier molecular flexibility index (Phi) is 14.9. The maximum absolute atomic E-state index is 13.3. The first-order chi connectivity index (χ1) is 28.7. The number of nitrogens with zero attached hydrogens (tertiary/aromatic N) is 2. The molecule has 2 saturated carbocycles. The van der Waals surface area contributed by atoms with Crippen molar-refractivity contribution in [1.82, 2.24) is 20.4 Å². The maximum Gasteiger partial charge on any atom is 0.414 e. The Hall–Kier alpha value is -4.10. The number of hydrogen-bond donors (Lipinski definition) is 3. The zero-order valence-electron chi connectivity index (χ0n) is 38.2. The van der Waals surface area contributed by atoms with E-state index in [1.165, 1.54) is 15.4 Å². The van der Waals surface area contributed by atoms with Gasteiger partial charge in [0.1, 0.15) is 11.5 Å². The van der Waals surface area contributed by atoms with E-state index in [0.29, 0.717) is 29.7 Å². The Labute approximate surface area is 378 Å². The number of aliphatic hydroxyl groups excluding tert-OH is 1. The van der Waals surface area contributed by atoms with Crippen molar-refractivity contribution in [2.24, 2.45) is 0 Å². The fourth-order valence-corrected chi connectivity index (χ4v) is 10.6. The number of carbonyl (C=O) groups is 4. The Morgan fingerprint density at radius 1 is 0.629 bits per heavy atom. The van der Waals surface area contributed by atoms with Crippen LogP contribution >= 0.6 is 24.0 Å². The maximum atomic E-state index is 13.3. The molecular weight excluding hydrogens is 831 g/mol. The van der Waals surface area contributed by atoms with Gasteiger partial charge >= 0.3 is 11.5 Å². The molecule has 4 spiro atoms. The molecule has 4 fully saturated rings. The molecule has 0 radical (unpaired) electrons. The van der Waals surface area contributed by atoms with Gasteiger partial charge in [0.15, 0.2) is 0 Å². The van der Waals surface area contributed by atoms with Crippen molar-refractivity contribution in [3.05, 3.63) is 80.3 Å². The number of ether oxygens (including phenoxy) is 3. The lowest BCUT2D eigenvalue weighted by atomic mass is 9.72. The molecule has 2 saturated heterocycles. The fourth-order valence-electron chi connectivity index (χ4n) is 10.6. The van der Waals surface area contributed by atoms with Crippen LogP contribution in [0.3, 0.4) is 0 Å². The van der Waals surface area contributed by atoms with E-state index in [2.05, 4.69) is 41.8 Å². The van der Waals surface area contributed by atoms with Crippen molar-refractivity contribution in [2.75, 3.05) is 41.4 Å². The van der Waals surface area contributed by atoms with Gasteiger partial charge in [0.25, 0.3) is 11.8 Å². The topological polar surface area (TPSA) is 147 Å². The molecule has 2 aromatic carbocycles. The van der Waals surface area contributed by atoms with E-state index in [9.17, 15) is 24.3 Å². The standard InChI is InChI=1S/C24H32N2O4.C21H27NO3.C3H6ClNO.ClH/c1-15-13-16(2)18(17(3)14-15)19-20(30-22(28)26(4)5)24(25-21(19)27)10-8-23(9-11-24)7-6-12-29-23;1-13-11-14(2)16(15(3)12-13)17-18(23)21(22-19(17)24)8-6-20(7-9-21)5-4-10-25-20;1-5(2)3(4)6;/h13-14H,6-12H2,1-5H3,(H,25,27);11-12,23H,4-10H2,1-3H3,(H,22,24);1-2H3;1H. The van der Waals surface area contributed by atoms with Crippen LogP contribution < -0.4 is 10.6 Å². The number of benzene rings is 2. The van der Waals surface area contributed by atoms with Crippen LogP contribution in [0.2, 0.25) is 0 Å². The highest BCUT2D eigenvalue weighted by atomic mass is 35.5. The molecule has 0 bridgehead atoms. The minimum absolute atomic E-state index is 0. The summed E-state index contributed by atoms with van der Waals surface area (Å²) in [6.45, 7) is 13.8. The zero-order chi connectivity index (χ0) is 44.7. The third-order valence-corrected chi connectivity index (χ3v) is 14.0. The van der Waals surface area contributed by atoms with E-state index >= 15 is 0 Å². The van der Waals surface area contributed by atoms with Crippen LogP contribution in [0.1, 0.15) is 122 Å². The van der Waals surface area contributed by atoms with Crippen molar-refractivity contribution in [3.63, 3.8) is 0 Å². The molecule has 4 heterocycles. The smallest absolute Gasteiger partial charge is 0.414 e. The minimum atomic E-state index is -0.654. The number of nitrogens with one attached hydrogen (secondary N) is 2. The highest BCUT2D eigenvalue weighted by Crippen LogP contribution is 2.51. The third-order valence-electron chi connectivity index (χ3n) is 13.7. The Morgan fingerprint density at radius 2 is 1.00 bits per heavy atom. The van der Waals surface area contributed by atoms with Crippen molar-refractivity contribution in [1.29, 1.82) is 0 Å². The summed E-state index contributed by atoms with van der Waals surface area (Å²) in [6, 6.07) is 8.29. The minimum Gasteiger partial charge on any atom is -0.509 e. The molecule has 12 nitrogen and oxygen atoms in total. The first-order valence-electron chi connectivity index (χ1n) is 21.7. The number of halogens is 2. The quantitative estimate of drug-likeness (QED) is 0.204. The van der Waals surface area contributed by atoms with Crippen LogP contribution in [0.15, 0.2) is 35.8 Å². The number of aryl methyl sites for hydroxylation is 6. The lowest BCUT2D eigenvalue weighted by Gasteiger charge is -2.43. The molecule has 6 aliphatic rings. The SMILES string of the molecule is CN(C)C(=O)Cl.Cc1cc(C)c(C2=C(O)C3(CCC4(CCCO4)CC3)NC2=O)c(C)c1.Cc1cc(C)c(C2=C(OC(=O)N(C)C)C3(CCC4(CCCO4)CC3)NC2=O)c(C)c1.Cl. The molecule has 0 unspecified atom stereocenters. The van der Waals surface area contributed by atoms with E-state index in [1.54, 1.807) is 28.2 Å². The second kappa shape index (κ2) is 18.9. The first-order valence-corrected chi connectivity index (χ1v) is 22.1. The Balaban J connectivity index is 0.000000207.